The van der Waals surface area contributed by atoms with Crippen LogP contribution in [0, 0.1) is 6.92 Å². The smallest absolute Gasteiger partial charge is 0.261 e. The molecule has 28 heavy (non-hydrogen) atoms. The number of hydrogen-bond donors (Lipinski definition) is 0. The van der Waals surface area contributed by atoms with Crippen molar-refractivity contribution in [1.29, 1.82) is 0 Å². The number of thiazole rings is 1. The van der Waals surface area contributed by atoms with E-state index < -0.39 is 18.5 Å². The number of aromatic nitrogens is 3. The van der Waals surface area contributed by atoms with Gasteiger partial charge in [0, 0.05) is 49.5 Å². The van der Waals surface area contributed by atoms with Crippen LogP contribution in [0.4, 0.5) is 14.5 Å². The molecular weight excluding hydrogens is 384 g/mol. The van der Waals surface area contributed by atoms with Gasteiger partial charge < -0.3 is 4.90 Å². The van der Waals surface area contributed by atoms with Crippen LogP contribution in [0.2, 0.25) is 0 Å². The standard InChI is InChI=1S/C19H21F2N5OS/c1-13-22-9-15(28-13)10-24-4-6-25(7-5-24)14-2-3-16-17(8-14)23-12-26(19(16)27)11-18(20)21/h2-3,8-9,12,18H,4-7,10-11H2,1H3. The van der Waals surface area contributed by atoms with E-state index in [1.54, 1.807) is 17.4 Å². The molecule has 1 saturated heterocycles. The monoisotopic (exact) mass is 405 g/mol. The summed E-state index contributed by atoms with van der Waals surface area (Å²) in [6, 6.07) is 5.43. The zero-order chi connectivity index (χ0) is 19.7. The molecule has 0 saturated carbocycles. The number of alkyl halides is 2. The maximum Gasteiger partial charge on any atom is 0.261 e. The minimum absolute atomic E-state index is 0.367. The van der Waals surface area contributed by atoms with Crippen LogP contribution in [0.5, 0.6) is 0 Å². The minimum atomic E-state index is -2.58. The second-order valence-corrected chi connectivity index (χ2v) is 8.22. The fourth-order valence-electron chi connectivity index (χ4n) is 3.49. The highest BCUT2D eigenvalue weighted by Gasteiger charge is 2.19. The molecule has 0 amide bonds. The number of aryl methyl sites for hydroxylation is 1. The number of piperazine rings is 1. The molecule has 1 fully saturated rings. The number of nitrogens with zero attached hydrogens (tertiary/aromatic N) is 5. The van der Waals surface area contributed by atoms with Crippen molar-refractivity contribution in [3.8, 4) is 0 Å². The van der Waals surface area contributed by atoms with Gasteiger partial charge in [0.25, 0.3) is 12.0 Å². The van der Waals surface area contributed by atoms with E-state index in [9.17, 15) is 13.6 Å². The summed E-state index contributed by atoms with van der Waals surface area (Å²) < 4.78 is 26.1. The van der Waals surface area contributed by atoms with E-state index in [-0.39, 0.29) is 0 Å². The third-order valence-electron chi connectivity index (χ3n) is 4.93. The van der Waals surface area contributed by atoms with Gasteiger partial charge in [-0.25, -0.2) is 18.7 Å². The fourth-order valence-corrected chi connectivity index (χ4v) is 4.32. The Labute approximate surface area is 165 Å². The first-order chi connectivity index (χ1) is 13.5. The molecule has 4 rings (SSSR count). The van der Waals surface area contributed by atoms with Gasteiger partial charge in [-0.2, -0.15) is 0 Å². The second-order valence-electron chi connectivity index (χ2n) is 6.90. The topological polar surface area (TPSA) is 54.3 Å². The van der Waals surface area contributed by atoms with Gasteiger partial charge in [-0.3, -0.25) is 14.3 Å². The summed E-state index contributed by atoms with van der Waals surface area (Å²) >= 11 is 1.73. The Morgan fingerprint density at radius 3 is 2.64 bits per heavy atom. The van der Waals surface area contributed by atoms with Crippen LogP contribution in [0.25, 0.3) is 10.9 Å². The van der Waals surface area contributed by atoms with Gasteiger partial charge in [0.15, 0.2) is 0 Å². The molecule has 1 aromatic carbocycles. The maximum atomic E-state index is 12.6. The number of rotatable bonds is 5. The van der Waals surface area contributed by atoms with Crippen LogP contribution in [0.3, 0.4) is 0 Å². The van der Waals surface area contributed by atoms with Crippen molar-refractivity contribution in [3.63, 3.8) is 0 Å². The lowest BCUT2D eigenvalue weighted by molar-refractivity contribution is 0.125. The largest absolute Gasteiger partial charge is 0.369 e. The average Bonchev–Trinajstić information content (AvgIpc) is 3.09. The van der Waals surface area contributed by atoms with E-state index >= 15 is 0 Å². The molecule has 0 radical (unpaired) electrons. The van der Waals surface area contributed by atoms with Crippen molar-refractivity contribution in [2.75, 3.05) is 31.1 Å². The van der Waals surface area contributed by atoms with Crippen LogP contribution in [0.1, 0.15) is 9.88 Å². The predicted molar refractivity (Wildman–Crippen MR) is 106 cm³/mol. The Bertz CT molecular complexity index is 1030. The SMILES string of the molecule is Cc1ncc(CN2CCN(c3ccc4c(=O)n(CC(F)F)cnc4c3)CC2)s1. The predicted octanol–water partition coefficient (Wildman–Crippen LogP) is 2.75. The summed E-state index contributed by atoms with van der Waals surface area (Å²) in [6.45, 7) is 5.95. The Morgan fingerprint density at radius 1 is 1.18 bits per heavy atom. The number of fused-ring (bicyclic) bond motifs is 1. The lowest BCUT2D eigenvalue weighted by atomic mass is 10.2. The molecule has 3 heterocycles. The van der Waals surface area contributed by atoms with E-state index in [4.69, 9.17) is 0 Å². The van der Waals surface area contributed by atoms with Gasteiger partial charge in [-0.1, -0.05) is 0 Å². The molecule has 148 valence electrons. The van der Waals surface area contributed by atoms with E-state index in [1.165, 1.54) is 11.2 Å². The second kappa shape index (κ2) is 7.92. The molecule has 0 atom stereocenters. The van der Waals surface area contributed by atoms with Crippen molar-refractivity contribution >= 4 is 27.9 Å². The Hall–Kier alpha value is -2.39. The molecule has 1 aliphatic heterocycles. The molecular formula is C19H21F2N5OS. The lowest BCUT2D eigenvalue weighted by Crippen LogP contribution is -2.45. The quantitative estimate of drug-likeness (QED) is 0.653. The Kier molecular flexibility index (Phi) is 5.36. The molecule has 0 spiro atoms. The van der Waals surface area contributed by atoms with Gasteiger partial charge in [0.05, 0.1) is 28.8 Å². The van der Waals surface area contributed by atoms with Crippen LogP contribution >= 0.6 is 11.3 Å². The van der Waals surface area contributed by atoms with Gasteiger partial charge in [-0.05, 0) is 25.1 Å². The molecule has 6 nitrogen and oxygen atoms in total. The van der Waals surface area contributed by atoms with Crippen LogP contribution in [0.15, 0.2) is 35.5 Å². The van der Waals surface area contributed by atoms with Gasteiger partial charge in [0.1, 0.15) is 0 Å². The molecule has 3 aromatic rings. The molecule has 2 aromatic heterocycles. The van der Waals surface area contributed by atoms with E-state index in [1.807, 2.05) is 25.3 Å². The summed E-state index contributed by atoms with van der Waals surface area (Å²) in [5.74, 6) is 0. The van der Waals surface area contributed by atoms with Crippen molar-refractivity contribution < 1.29 is 8.78 Å². The van der Waals surface area contributed by atoms with E-state index in [2.05, 4.69) is 19.8 Å². The highest BCUT2D eigenvalue weighted by atomic mass is 32.1. The van der Waals surface area contributed by atoms with Gasteiger partial charge in [-0.15, -0.1) is 11.3 Å². The lowest BCUT2D eigenvalue weighted by Gasteiger charge is -2.35. The van der Waals surface area contributed by atoms with Crippen molar-refractivity contribution in [3.05, 3.63) is 51.0 Å². The molecule has 1 aliphatic rings. The third kappa shape index (κ3) is 4.05. The number of hydrogen-bond acceptors (Lipinski definition) is 6. The molecule has 0 unspecified atom stereocenters. The number of halogens is 2. The average molecular weight is 405 g/mol. The molecule has 0 bridgehead atoms. The zero-order valence-corrected chi connectivity index (χ0v) is 16.3. The molecule has 0 aliphatic carbocycles. The Balaban J connectivity index is 1.45. The van der Waals surface area contributed by atoms with Crippen molar-refractivity contribution in [1.82, 2.24) is 19.4 Å². The zero-order valence-electron chi connectivity index (χ0n) is 15.5. The van der Waals surface area contributed by atoms with Crippen molar-refractivity contribution in [2.24, 2.45) is 0 Å². The van der Waals surface area contributed by atoms with Crippen LogP contribution in [-0.4, -0.2) is 52.0 Å². The van der Waals surface area contributed by atoms with Crippen LogP contribution < -0.4 is 10.5 Å². The van der Waals surface area contributed by atoms with E-state index in [0.29, 0.717) is 10.9 Å². The summed E-state index contributed by atoms with van der Waals surface area (Å²) in [5, 5.41) is 1.45. The third-order valence-corrected chi connectivity index (χ3v) is 5.83. The fraction of sp³-hybridized carbons (Fsp3) is 0.421. The highest BCUT2D eigenvalue weighted by molar-refractivity contribution is 7.11. The normalized spacial score (nSPS) is 15.6. The first-order valence-corrected chi connectivity index (χ1v) is 9.97. The summed E-state index contributed by atoms with van der Waals surface area (Å²) in [6.07, 6.45) is 0.569. The highest BCUT2D eigenvalue weighted by Crippen LogP contribution is 2.22. The number of benzene rings is 1. The summed E-state index contributed by atoms with van der Waals surface area (Å²) in [7, 11) is 0. The van der Waals surface area contributed by atoms with Gasteiger partial charge in [0.2, 0.25) is 0 Å². The number of anilines is 1. The first kappa shape index (κ1) is 18.9. The first-order valence-electron chi connectivity index (χ1n) is 9.15. The Morgan fingerprint density at radius 2 is 1.96 bits per heavy atom. The minimum Gasteiger partial charge on any atom is -0.369 e. The van der Waals surface area contributed by atoms with Crippen molar-refractivity contribution in [2.45, 2.75) is 26.4 Å². The van der Waals surface area contributed by atoms with Gasteiger partial charge >= 0.3 is 0 Å². The summed E-state index contributed by atoms with van der Waals surface area (Å²) in [4.78, 5) is 26.8. The van der Waals surface area contributed by atoms with E-state index in [0.717, 1.165) is 48.0 Å². The summed E-state index contributed by atoms with van der Waals surface area (Å²) in [5.41, 5.74) is 1.11. The maximum absolute atomic E-state index is 12.6. The van der Waals surface area contributed by atoms with Crippen LogP contribution in [-0.2, 0) is 13.1 Å². The molecule has 9 heteroatoms. The molecule has 0 N–H and O–H groups in total.